The van der Waals surface area contributed by atoms with Crippen molar-refractivity contribution in [2.45, 2.75) is 33.1 Å². The number of hydrogen-bond donors (Lipinski definition) is 1. The summed E-state index contributed by atoms with van der Waals surface area (Å²) in [4.78, 5) is 21.9. The molecule has 0 heterocycles. The average molecular weight is 202 g/mol. The van der Waals surface area contributed by atoms with E-state index >= 15 is 0 Å². The maximum atomic E-state index is 11.0. The second kappa shape index (κ2) is 6.40. The number of aliphatic carboxylic acids is 1. The molecule has 0 aromatic heterocycles. The van der Waals surface area contributed by atoms with E-state index in [0.29, 0.717) is 0 Å². The van der Waals surface area contributed by atoms with E-state index in [1.807, 2.05) is 13.8 Å². The number of carbonyl (C=O) groups is 2. The van der Waals surface area contributed by atoms with Gasteiger partial charge in [0.05, 0.1) is 19.4 Å². The first-order valence-electron chi connectivity index (χ1n) is 4.86. The minimum absolute atomic E-state index is 0.0296. The van der Waals surface area contributed by atoms with E-state index in [2.05, 4.69) is 4.74 Å². The van der Waals surface area contributed by atoms with Crippen molar-refractivity contribution in [3.63, 3.8) is 0 Å². The van der Waals surface area contributed by atoms with Gasteiger partial charge < -0.3 is 9.84 Å². The molecule has 0 bridgehead atoms. The van der Waals surface area contributed by atoms with Crippen molar-refractivity contribution in [3.05, 3.63) is 0 Å². The molecule has 0 aromatic rings. The van der Waals surface area contributed by atoms with Crippen LogP contribution in [0.2, 0.25) is 0 Å². The molecule has 0 unspecified atom stereocenters. The SMILES string of the molecule is CCC(CC)[C@H](CC(=O)OC)C(=O)O. The van der Waals surface area contributed by atoms with E-state index < -0.39 is 17.9 Å². The molecule has 0 amide bonds. The van der Waals surface area contributed by atoms with Gasteiger partial charge in [-0.2, -0.15) is 0 Å². The maximum absolute atomic E-state index is 11.0. The lowest BCUT2D eigenvalue weighted by molar-refractivity contribution is -0.151. The van der Waals surface area contributed by atoms with Gasteiger partial charge in [-0.25, -0.2) is 0 Å². The summed E-state index contributed by atoms with van der Waals surface area (Å²) >= 11 is 0. The van der Waals surface area contributed by atoms with Crippen LogP contribution >= 0.6 is 0 Å². The predicted octanol–water partition coefficient (Wildman–Crippen LogP) is 1.69. The minimum atomic E-state index is -0.913. The van der Waals surface area contributed by atoms with E-state index in [0.717, 1.165) is 12.8 Å². The van der Waals surface area contributed by atoms with E-state index in [-0.39, 0.29) is 12.3 Å². The highest BCUT2D eigenvalue weighted by atomic mass is 16.5. The van der Waals surface area contributed by atoms with Crippen LogP contribution in [0, 0.1) is 11.8 Å². The minimum Gasteiger partial charge on any atom is -0.481 e. The third-order valence-corrected chi connectivity index (χ3v) is 2.55. The number of esters is 1. The van der Waals surface area contributed by atoms with Gasteiger partial charge >= 0.3 is 11.9 Å². The Morgan fingerprint density at radius 1 is 1.29 bits per heavy atom. The zero-order chi connectivity index (χ0) is 11.1. The fourth-order valence-electron chi connectivity index (χ4n) is 1.58. The normalized spacial score (nSPS) is 12.6. The van der Waals surface area contributed by atoms with Gasteiger partial charge in [-0.1, -0.05) is 26.7 Å². The monoisotopic (exact) mass is 202 g/mol. The second-order valence-corrected chi connectivity index (χ2v) is 3.30. The summed E-state index contributed by atoms with van der Waals surface area (Å²) in [5, 5.41) is 8.94. The van der Waals surface area contributed by atoms with Crippen LogP contribution in [0.4, 0.5) is 0 Å². The molecule has 0 rings (SSSR count). The summed E-state index contributed by atoms with van der Waals surface area (Å²) in [5.74, 6) is -1.93. The van der Waals surface area contributed by atoms with Gasteiger partial charge in [0.2, 0.25) is 0 Å². The Hall–Kier alpha value is -1.06. The van der Waals surface area contributed by atoms with Crippen molar-refractivity contribution in [1.29, 1.82) is 0 Å². The third-order valence-electron chi connectivity index (χ3n) is 2.55. The van der Waals surface area contributed by atoms with Crippen LogP contribution in [0.25, 0.3) is 0 Å². The second-order valence-electron chi connectivity index (χ2n) is 3.30. The molecule has 4 heteroatoms. The summed E-state index contributed by atoms with van der Waals surface area (Å²) in [6, 6.07) is 0. The van der Waals surface area contributed by atoms with Crippen molar-refractivity contribution >= 4 is 11.9 Å². The average Bonchev–Trinajstić information content (AvgIpc) is 2.17. The quantitative estimate of drug-likeness (QED) is 0.666. The molecule has 0 saturated heterocycles. The van der Waals surface area contributed by atoms with Crippen LogP contribution in [0.5, 0.6) is 0 Å². The molecule has 0 aliphatic carbocycles. The predicted molar refractivity (Wildman–Crippen MR) is 51.8 cm³/mol. The van der Waals surface area contributed by atoms with Crippen LogP contribution in [-0.4, -0.2) is 24.2 Å². The topological polar surface area (TPSA) is 63.6 Å². The number of hydrogen-bond acceptors (Lipinski definition) is 3. The molecule has 0 radical (unpaired) electrons. The van der Waals surface area contributed by atoms with Gasteiger partial charge in [0.15, 0.2) is 0 Å². The standard InChI is InChI=1S/C10H18O4/c1-4-7(5-2)8(10(12)13)6-9(11)14-3/h7-8H,4-6H2,1-3H3,(H,12,13)/t8-/m0/s1. The highest BCUT2D eigenvalue weighted by molar-refractivity contribution is 5.78. The van der Waals surface area contributed by atoms with Crippen LogP contribution in [0.1, 0.15) is 33.1 Å². The van der Waals surface area contributed by atoms with Crippen molar-refractivity contribution in [2.24, 2.45) is 11.8 Å². The molecule has 0 saturated carbocycles. The molecule has 0 spiro atoms. The molecule has 82 valence electrons. The van der Waals surface area contributed by atoms with Crippen molar-refractivity contribution in [3.8, 4) is 0 Å². The smallest absolute Gasteiger partial charge is 0.307 e. The lowest BCUT2D eigenvalue weighted by Crippen LogP contribution is -2.26. The van der Waals surface area contributed by atoms with E-state index in [9.17, 15) is 9.59 Å². The third kappa shape index (κ3) is 3.77. The number of ether oxygens (including phenoxy) is 1. The highest BCUT2D eigenvalue weighted by Gasteiger charge is 2.28. The fourth-order valence-corrected chi connectivity index (χ4v) is 1.58. The number of rotatable bonds is 6. The van der Waals surface area contributed by atoms with Gasteiger partial charge in [-0.15, -0.1) is 0 Å². The van der Waals surface area contributed by atoms with Crippen LogP contribution in [0.3, 0.4) is 0 Å². The first-order valence-corrected chi connectivity index (χ1v) is 4.86. The zero-order valence-electron chi connectivity index (χ0n) is 8.95. The molecule has 14 heavy (non-hydrogen) atoms. The molecule has 0 fully saturated rings. The fraction of sp³-hybridized carbons (Fsp3) is 0.800. The molecule has 1 atom stereocenters. The van der Waals surface area contributed by atoms with Gasteiger partial charge in [0.25, 0.3) is 0 Å². The Labute approximate surface area is 84.3 Å². The Morgan fingerprint density at radius 2 is 1.79 bits per heavy atom. The summed E-state index contributed by atoms with van der Waals surface area (Å²) in [6.45, 7) is 3.86. The first kappa shape index (κ1) is 12.9. The highest BCUT2D eigenvalue weighted by Crippen LogP contribution is 2.23. The molecular formula is C10H18O4. The number of methoxy groups -OCH3 is 1. The molecule has 0 aliphatic heterocycles. The maximum Gasteiger partial charge on any atom is 0.307 e. The van der Waals surface area contributed by atoms with Crippen LogP contribution in [0.15, 0.2) is 0 Å². The number of carboxylic acid groups (broad SMARTS) is 1. The Balaban J connectivity index is 4.42. The Morgan fingerprint density at radius 3 is 2.07 bits per heavy atom. The van der Waals surface area contributed by atoms with Gasteiger partial charge in [0.1, 0.15) is 0 Å². The van der Waals surface area contributed by atoms with Crippen molar-refractivity contribution < 1.29 is 19.4 Å². The summed E-state index contributed by atoms with van der Waals surface area (Å²) in [5.41, 5.74) is 0. The van der Waals surface area contributed by atoms with Crippen molar-refractivity contribution in [2.75, 3.05) is 7.11 Å². The Kier molecular flexibility index (Phi) is 5.92. The number of carbonyl (C=O) groups excluding carboxylic acids is 1. The first-order chi connectivity index (χ1) is 6.56. The molecule has 4 nitrogen and oxygen atoms in total. The van der Waals surface area contributed by atoms with Gasteiger partial charge in [-0.3, -0.25) is 9.59 Å². The van der Waals surface area contributed by atoms with Gasteiger partial charge in [0, 0.05) is 0 Å². The summed E-state index contributed by atoms with van der Waals surface area (Å²) in [7, 11) is 1.27. The van der Waals surface area contributed by atoms with E-state index in [1.165, 1.54) is 7.11 Å². The van der Waals surface area contributed by atoms with E-state index in [4.69, 9.17) is 5.11 Å². The van der Waals surface area contributed by atoms with E-state index in [1.54, 1.807) is 0 Å². The lowest BCUT2D eigenvalue weighted by Gasteiger charge is -2.19. The molecule has 0 aliphatic rings. The molecule has 1 N–H and O–H groups in total. The van der Waals surface area contributed by atoms with Gasteiger partial charge in [-0.05, 0) is 5.92 Å². The molecular weight excluding hydrogens is 184 g/mol. The lowest BCUT2D eigenvalue weighted by atomic mass is 9.85. The van der Waals surface area contributed by atoms with Crippen molar-refractivity contribution in [1.82, 2.24) is 0 Å². The largest absolute Gasteiger partial charge is 0.481 e. The summed E-state index contributed by atoms with van der Waals surface area (Å²) in [6.07, 6.45) is 1.51. The Bertz CT molecular complexity index is 196. The van der Waals surface area contributed by atoms with Crippen LogP contribution in [-0.2, 0) is 14.3 Å². The number of carboxylic acids is 1. The molecule has 0 aromatic carbocycles. The zero-order valence-corrected chi connectivity index (χ0v) is 8.95. The van der Waals surface area contributed by atoms with Crippen LogP contribution < -0.4 is 0 Å². The summed E-state index contributed by atoms with van der Waals surface area (Å²) < 4.78 is 4.47.